The van der Waals surface area contributed by atoms with Crippen molar-refractivity contribution < 1.29 is 20.1 Å². The fourth-order valence-corrected chi connectivity index (χ4v) is 8.90. The molecule has 168 valence electrons. The Kier molecular flexibility index (Phi) is 6.14. The molecule has 0 aromatic heterocycles. The Morgan fingerprint density at radius 1 is 0.931 bits per heavy atom. The monoisotopic (exact) mass is 408 g/mol. The highest BCUT2D eigenvalue weighted by Crippen LogP contribution is 2.68. The first-order chi connectivity index (χ1) is 13.7. The van der Waals surface area contributed by atoms with Crippen LogP contribution in [-0.2, 0) is 4.74 Å². The van der Waals surface area contributed by atoms with Crippen molar-refractivity contribution in [1.82, 2.24) is 0 Å². The van der Waals surface area contributed by atoms with Gasteiger partial charge in [0.25, 0.3) is 0 Å². The van der Waals surface area contributed by atoms with E-state index in [1.54, 1.807) is 7.11 Å². The molecule has 11 atom stereocenters. The summed E-state index contributed by atoms with van der Waals surface area (Å²) in [4.78, 5) is 0. The molecular weight excluding hydrogens is 364 g/mol. The molecule has 0 heterocycles. The molecule has 4 nitrogen and oxygen atoms in total. The minimum Gasteiger partial charge on any atom is -0.393 e. The molecule has 4 rings (SSSR count). The van der Waals surface area contributed by atoms with Crippen molar-refractivity contribution in [2.45, 2.75) is 103 Å². The predicted octanol–water partition coefficient (Wildman–Crippen LogP) is 4.36. The first-order valence-corrected chi connectivity index (χ1v) is 12.3. The van der Waals surface area contributed by atoms with E-state index in [-0.39, 0.29) is 12.2 Å². The van der Waals surface area contributed by atoms with Crippen LogP contribution in [0, 0.1) is 46.3 Å². The Morgan fingerprint density at radius 3 is 2.34 bits per heavy atom. The van der Waals surface area contributed by atoms with Gasteiger partial charge < -0.3 is 20.1 Å². The van der Waals surface area contributed by atoms with Crippen LogP contribution < -0.4 is 0 Å². The van der Waals surface area contributed by atoms with Crippen molar-refractivity contribution in [3.05, 3.63) is 0 Å². The molecule has 0 aromatic rings. The highest BCUT2D eigenvalue weighted by molar-refractivity contribution is 5.11. The number of aliphatic hydroxyl groups excluding tert-OH is 3. The summed E-state index contributed by atoms with van der Waals surface area (Å²) in [6, 6.07) is 0. The van der Waals surface area contributed by atoms with E-state index in [0.29, 0.717) is 52.8 Å². The maximum absolute atomic E-state index is 11.3. The fourth-order valence-electron chi connectivity index (χ4n) is 8.90. The Labute approximate surface area is 177 Å². The van der Waals surface area contributed by atoms with E-state index >= 15 is 0 Å². The largest absolute Gasteiger partial charge is 0.393 e. The lowest BCUT2D eigenvalue weighted by atomic mass is 9.43. The number of methoxy groups -OCH3 is 1. The number of hydrogen-bond acceptors (Lipinski definition) is 4. The molecule has 4 fully saturated rings. The summed E-state index contributed by atoms with van der Waals surface area (Å²) in [5.74, 6) is 3.43. The van der Waals surface area contributed by atoms with E-state index in [1.807, 2.05) is 0 Å². The van der Waals surface area contributed by atoms with E-state index < -0.39 is 6.29 Å². The zero-order chi connectivity index (χ0) is 21.0. The van der Waals surface area contributed by atoms with E-state index in [4.69, 9.17) is 4.74 Å². The number of fused-ring (bicyclic) bond motifs is 5. The quantitative estimate of drug-likeness (QED) is 0.591. The van der Waals surface area contributed by atoms with Gasteiger partial charge in [0.05, 0.1) is 12.2 Å². The van der Waals surface area contributed by atoms with Crippen LogP contribution in [0.4, 0.5) is 0 Å². The standard InChI is InChI=1S/C25H44O4/c1-15(5-8-22(28)29-4)18-6-7-19-23-20(10-12-25(18,19)3)24(2)11-9-17(26)13-16(24)14-21(23)27/h15-23,26-28H,5-14H2,1-4H3/t15?,16?,17-,18?,19?,20?,21?,22?,23?,24?,25?/m1/s1. The highest BCUT2D eigenvalue weighted by atomic mass is 16.6. The van der Waals surface area contributed by atoms with Gasteiger partial charge in [-0.1, -0.05) is 20.8 Å². The van der Waals surface area contributed by atoms with Gasteiger partial charge in [0.1, 0.15) is 0 Å². The van der Waals surface area contributed by atoms with Gasteiger partial charge in [0.2, 0.25) is 0 Å². The van der Waals surface area contributed by atoms with E-state index in [1.165, 1.54) is 25.7 Å². The third kappa shape index (κ3) is 3.60. The van der Waals surface area contributed by atoms with Crippen molar-refractivity contribution in [2.75, 3.05) is 7.11 Å². The molecule has 0 spiro atoms. The molecule has 0 aromatic carbocycles. The van der Waals surface area contributed by atoms with Gasteiger partial charge in [-0.05, 0) is 111 Å². The summed E-state index contributed by atoms with van der Waals surface area (Å²) >= 11 is 0. The first-order valence-electron chi connectivity index (χ1n) is 12.3. The van der Waals surface area contributed by atoms with Crippen molar-refractivity contribution in [3.63, 3.8) is 0 Å². The smallest absolute Gasteiger partial charge is 0.154 e. The molecule has 3 N–H and O–H groups in total. The van der Waals surface area contributed by atoms with Crippen LogP contribution in [0.1, 0.15) is 85.0 Å². The van der Waals surface area contributed by atoms with Gasteiger partial charge in [-0.2, -0.15) is 0 Å². The lowest BCUT2D eigenvalue weighted by Gasteiger charge is -2.62. The Morgan fingerprint density at radius 2 is 1.62 bits per heavy atom. The van der Waals surface area contributed by atoms with Crippen molar-refractivity contribution >= 4 is 0 Å². The van der Waals surface area contributed by atoms with E-state index in [9.17, 15) is 15.3 Å². The van der Waals surface area contributed by atoms with Crippen molar-refractivity contribution in [2.24, 2.45) is 46.3 Å². The Bertz CT molecular complexity index is 581. The van der Waals surface area contributed by atoms with Crippen LogP contribution in [-0.4, -0.2) is 40.9 Å². The lowest BCUT2D eigenvalue weighted by molar-refractivity contribution is -0.174. The maximum Gasteiger partial charge on any atom is 0.154 e. The van der Waals surface area contributed by atoms with Gasteiger partial charge in [0, 0.05) is 7.11 Å². The molecule has 4 aliphatic rings. The molecule has 0 saturated heterocycles. The van der Waals surface area contributed by atoms with Crippen LogP contribution >= 0.6 is 0 Å². The highest BCUT2D eigenvalue weighted by Gasteiger charge is 2.62. The topological polar surface area (TPSA) is 69.9 Å². The van der Waals surface area contributed by atoms with Crippen LogP contribution in [0.25, 0.3) is 0 Å². The third-order valence-corrected chi connectivity index (χ3v) is 10.6. The Hall–Kier alpha value is -0.160. The van der Waals surface area contributed by atoms with Crippen LogP contribution in [0.2, 0.25) is 0 Å². The molecule has 4 aliphatic carbocycles. The Balaban J connectivity index is 1.52. The second kappa shape index (κ2) is 8.07. The molecule has 0 amide bonds. The van der Waals surface area contributed by atoms with Gasteiger partial charge in [-0.25, -0.2) is 0 Å². The number of rotatable bonds is 5. The molecule has 29 heavy (non-hydrogen) atoms. The second-order valence-electron chi connectivity index (χ2n) is 11.7. The van der Waals surface area contributed by atoms with Gasteiger partial charge >= 0.3 is 0 Å². The zero-order valence-electron chi connectivity index (χ0n) is 19.0. The number of aliphatic hydroxyl groups is 3. The van der Waals surface area contributed by atoms with Crippen molar-refractivity contribution in [3.8, 4) is 0 Å². The summed E-state index contributed by atoms with van der Waals surface area (Å²) in [7, 11) is 1.58. The molecule has 0 radical (unpaired) electrons. The molecule has 0 aliphatic heterocycles. The fraction of sp³-hybridized carbons (Fsp3) is 1.00. The minimum absolute atomic E-state index is 0.162. The molecule has 0 bridgehead atoms. The second-order valence-corrected chi connectivity index (χ2v) is 11.7. The number of hydrogen-bond donors (Lipinski definition) is 3. The SMILES string of the molecule is COC(O)CCC(C)C1CCC2C3C(O)CC4C[C@H](O)CCC4(C)C3CCC12C. The van der Waals surface area contributed by atoms with Gasteiger partial charge in [-0.15, -0.1) is 0 Å². The van der Waals surface area contributed by atoms with Crippen LogP contribution in [0.5, 0.6) is 0 Å². The van der Waals surface area contributed by atoms with Gasteiger partial charge in [0.15, 0.2) is 6.29 Å². The minimum atomic E-state index is -0.642. The normalized spacial score (nSPS) is 51.6. The lowest BCUT2D eigenvalue weighted by Crippen LogP contribution is -2.58. The summed E-state index contributed by atoms with van der Waals surface area (Å²) in [6.45, 7) is 7.36. The summed E-state index contributed by atoms with van der Waals surface area (Å²) in [5.41, 5.74) is 0.619. The molecule has 4 saturated carbocycles. The van der Waals surface area contributed by atoms with Crippen LogP contribution in [0.3, 0.4) is 0 Å². The molecule has 4 heteroatoms. The van der Waals surface area contributed by atoms with Gasteiger partial charge in [-0.3, -0.25) is 0 Å². The summed E-state index contributed by atoms with van der Waals surface area (Å²) < 4.78 is 5.05. The van der Waals surface area contributed by atoms with Crippen LogP contribution in [0.15, 0.2) is 0 Å². The van der Waals surface area contributed by atoms with Crippen molar-refractivity contribution in [1.29, 1.82) is 0 Å². The average Bonchev–Trinajstić information content (AvgIpc) is 3.04. The zero-order valence-corrected chi connectivity index (χ0v) is 19.0. The molecular formula is C25H44O4. The summed E-state index contributed by atoms with van der Waals surface area (Å²) in [5, 5.41) is 31.4. The van der Waals surface area contributed by atoms with E-state index in [2.05, 4.69) is 20.8 Å². The first kappa shape index (κ1) is 22.0. The van der Waals surface area contributed by atoms with E-state index in [0.717, 1.165) is 32.1 Å². The third-order valence-electron chi connectivity index (χ3n) is 10.6. The number of ether oxygens (including phenoxy) is 1. The predicted molar refractivity (Wildman–Crippen MR) is 114 cm³/mol. The average molecular weight is 409 g/mol. The molecule has 10 unspecified atom stereocenters. The maximum atomic E-state index is 11.3. The summed E-state index contributed by atoms with van der Waals surface area (Å²) in [6.07, 6.45) is 9.60.